The number of nitrogens with one attached hydrogen (secondary N) is 1. The van der Waals surface area contributed by atoms with Gasteiger partial charge in [-0.05, 0) is 51.0 Å². The summed E-state index contributed by atoms with van der Waals surface area (Å²) in [5, 5.41) is 2.81. The lowest BCUT2D eigenvalue weighted by atomic mass is 9.97. The number of amides is 2. The average Bonchev–Trinajstić information content (AvgIpc) is 2.70. The molecule has 1 fully saturated rings. The standard InChI is InChI=1S/C21H26N4O3/c1-14-5-8-18(9-6-14)28-15(2)21(27)24-17-7-10-19(23-12-17)25-11-3-4-16(13-25)20(22)26/h5-10,12,15-16H,3-4,11,13H2,1-2H3,(H2,22,26)(H,24,27). The highest BCUT2D eigenvalue weighted by atomic mass is 16.5. The highest BCUT2D eigenvalue weighted by molar-refractivity contribution is 5.94. The van der Waals surface area contributed by atoms with Crippen molar-refractivity contribution in [2.75, 3.05) is 23.3 Å². The molecular weight excluding hydrogens is 356 g/mol. The Hall–Kier alpha value is -3.09. The van der Waals surface area contributed by atoms with E-state index in [4.69, 9.17) is 10.5 Å². The van der Waals surface area contributed by atoms with Crippen molar-refractivity contribution in [3.63, 3.8) is 0 Å². The SMILES string of the molecule is Cc1ccc(OC(C)C(=O)Nc2ccc(N3CCCC(C(N)=O)C3)nc2)cc1. The molecule has 0 aliphatic carbocycles. The van der Waals surface area contributed by atoms with Crippen LogP contribution in [0.5, 0.6) is 5.75 Å². The van der Waals surface area contributed by atoms with Crippen molar-refractivity contribution in [1.82, 2.24) is 4.98 Å². The number of anilines is 2. The van der Waals surface area contributed by atoms with Gasteiger partial charge in [-0.2, -0.15) is 0 Å². The number of benzene rings is 1. The van der Waals surface area contributed by atoms with Crippen molar-refractivity contribution in [2.24, 2.45) is 11.7 Å². The summed E-state index contributed by atoms with van der Waals surface area (Å²) in [6.07, 6.45) is 2.70. The van der Waals surface area contributed by atoms with Crippen LogP contribution in [0.1, 0.15) is 25.3 Å². The molecule has 148 valence electrons. The molecule has 0 saturated carbocycles. The molecule has 28 heavy (non-hydrogen) atoms. The summed E-state index contributed by atoms with van der Waals surface area (Å²) in [5.74, 6) is 0.761. The predicted molar refractivity (Wildman–Crippen MR) is 108 cm³/mol. The molecule has 1 aliphatic heterocycles. The zero-order valence-electron chi connectivity index (χ0n) is 16.2. The largest absolute Gasteiger partial charge is 0.481 e. The zero-order valence-corrected chi connectivity index (χ0v) is 16.2. The number of ether oxygens (including phenoxy) is 1. The zero-order chi connectivity index (χ0) is 20.1. The fourth-order valence-corrected chi connectivity index (χ4v) is 3.18. The Bertz CT molecular complexity index is 821. The molecule has 2 unspecified atom stereocenters. The number of carbonyl (C=O) groups is 2. The van der Waals surface area contributed by atoms with Crippen LogP contribution >= 0.6 is 0 Å². The Morgan fingerprint density at radius 2 is 2.00 bits per heavy atom. The third-order valence-electron chi connectivity index (χ3n) is 4.87. The Morgan fingerprint density at radius 1 is 1.25 bits per heavy atom. The molecule has 0 bridgehead atoms. The number of piperidine rings is 1. The van der Waals surface area contributed by atoms with Gasteiger partial charge in [0.25, 0.3) is 5.91 Å². The van der Waals surface area contributed by atoms with Gasteiger partial charge in [0.15, 0.2) is 6.10 Å². The summed E-state index contributed by atoms with van der Waals surface area (Å²) in [6, 6.07) is 11.2. The van der Waals surface area contributed by atoms with Crippen LogP contribution in [-0.2, 0) is 9.59 Å². The van der Waals surface area contributed by atoms with Crippen LogP contribution in [0, 0.1) is 12.8 Å². The van der Waals surface area contributed by atoms with Crippen molar-refractivity contribution < 1.29 is 14.3 Å². The van der Waals surface area contributed by atoms with E-state index in [0.717, 1.165) is 30.8 Å². The molecule has 7 nitrogen and oxygen atoms in total. The molecule has 0 radical (unpaired) electrons. The van der Waals surface area contributed by atoms with Crippen molar-refractivity contribution in [3.8, 4) is 5.75 Å². The van der Waals surface area contributed by atoms with Crippen LogP contribution in [0.3, 0.4) is 0 Å². The number of primary amides is 1. The highest BCUT2D eigenvalue weighted by Gasteiger charge is 2.24. The first-order chi connectivity index (χ1) is 13.4. The summed E-state index contributed by atoms with van der Waals surface area (Å²) < 4.78 is 5.67. The first-order valence-corrected chi connectivity index (χ1v) is 9.47. The number of carbonyl (C=O) groups excluding carboxylic acids is 2. The quantitative estimate of drug-likeness (QED) is 0.800. The van der Waals surface area contributed by atoms with E-state index < -0.39 is 6.10 Å². The Kier molecular flexibility index (Phi) is 6.13. The minimum atomic E-state index is -0.638. The van der Waals surface area contributed by atoms with E-state index in [1.807, 2.05) is 42.2 Å². The van der Waals surface area contributed by atoms with Gasteiger partial charge in [-0.3, -0.25) is 9.59 Å². The lowest BCUT2D eigenvalue weighted by Crippen LogP contribution is -2.41. The van der Waals surface area contributed by atoms with Gasteiger partial charge >= 0.3 is 0 Å². The minimum absolute atomic E-state index is 0.144. The van der Waals surface area contributed by atoms with Crippen molar-refractivity contribution in [2.45, 2.75) is 32.8 Å². The second-order valence-electron chi connectivity index (χ2n) is 7.15. The molecule has 2 heterocycles. The molecule has 1 aliphatic rings. The second-order valence-corrected chi connectivity index (χ2v) is 7.15. The predicted octanol–water partition coefficient (Wildman–Crippen LogP) is 2.50. The first kappa shape index (κ1) is 19.7. The smallest absolute Gasteiger partial charge is 0.265 e. The van der Waals surface area contributed by atoms with E-state index >= 15 is 0 Å². The number of aryl methyl sites for hydroxylation is 1. The maximum atomic E-state index is 12.4. The lowest BCUT2D eigenvalue weighted by molar-refractivity contribution is -0.122. The number of nitrogens with zero attached hydrogens (tertiary/aromatic N) is 2. The maximum Gasteiger partial charge on any atom is 0.265 e. The van der Waals surface area contributed by atoms with Crippen LogP contribution in [-0.4, -0.2) is 36.0 Å². The first-order valence-electron chi connectivity index (χ1n) is 9.47. The highest BCUT2D eigenvalue weighted by Crippen LogP contribution is 2.22. The fourth-order valence-electron chi connectivity index (χ4n) is 3.18. The monoisotopic (exact) mass is 382 g/mol. The normalized spacial score (nSPS) is 17.6. The molecule has 2 amide bonds. The van der Waals surface area contributed by atoms with Gasteiger partial charge in [0.05, 0.1) is 17.8 Å². The van der Waals surface area contributed by atoms with E-state index in [-0.39, 0.29) is 17.7 Å². The molecule has 1 aromatic carbocycles. The third-order valence-corrected chi connectivity index (χ3v) is 4.87. The van der Waals surface area contributed by atoms with Gasteiger partial charge in [-0.15, -0.1) is 0 Å². The van der Waals surface area contributed by atoms with E-state index in [2.05, 4.69) is 10.3 Å². The number of rotatable bonds is 6. The Balaban J connectivity index is 1.56. The molecular formula is C21H26N4O3. The molecule has 3 N–H and O–H groups in total. The lowest BCUT2D eigenvalue weighted by Gasteiger charge is -2.32. The Morgan fingerprint density at radius 3 is 2.64 bits per heavy atom. The van der Waals surface area contributed by atoms with E-state index in [9.17, 15) is 9.59 Å². The second kappa shape index (κ2) is 8.73. The molecule has 1 saturated heterocycles. The number of hydrogen-bond acceptors (Lipinski definition) is 5. The third kappa shape index (κ3) is 5.00. The molecule has 7 heteroatoms. The maximum absolute atomic E-state index is 12.4. The minimum Gasteiger partial charge on any atom is -0.481 e. The van der Waals surface area contributed by atoms with Crippen LogP contribution in [0.15, 0.2) is 42.6 Å². The summed E-state index contributed by atoms with van der Waals surface area (Å²) in [6.45, 7) is 5.11. The van der Waals surface area contributed by atoms with Crippen molar-refractivity contribution in [1.29, 1.82) is 0 Å². The van der Waals surface area contributed by atoms with Gasteiger partial charge in [-0.1, -0.05) is 17.7 Å². The Labute approximate surface area is 164 Å². The summed E-state index contributed by atoms with van der Waals surface area (Å²) in [5.41, 5.74) is 7.16. The number of aromatic nitrogens is 1. The molecule has 2 aromatic rings. The molecule has 3 rings (SSSR count). The topological polar surface area (TPSA) is 97.5 Å². The van der Waals surface area contributed by atoms with Crippen molar-refractivity contribution in [3.05, 3.63) is 48.2 Å². The van der Waals surface area contributed by atoms with E-state index in [1.165, 1.54) is 0 Å². The average molecular weight is 382 g/mol. The van der Waals surface area contributed by atoms with Gasteiger partial charge in [0.2, 0.25) is 5.91 Å². The summed E-state index contributed by atoms with van der Waals surface area (Å²) in [7, 11) is 0. The van der Waals surface area contributed by atoms with Gasteiger partial charge < -0.3 is 20.7 Å². The van der Waals surface area contributed by atoms with Crippen LogP contribution in [0.2, 0.25) is 0 Å². The fraction of sp³-hybridized carbons (Fsp3) is 0.381. The number of hydrogen-bond donors (Lipinski definition) is 2. The van der Waals surface area contributed by atoms with Crippen LogP contribution < -0.4 is 20.7 Å². The van der Waals surface area contributed by atoms with Crippen LogP contribution in [0.25, 0.3) is 0 Å². The van der Waals surface area contributed by atoms with Gasteiger partial charge in [0.1, 0.15) is 11.6 Å². The number of nitrogens with two attached hydrogens (primary N) is 1. The molecule has 1 aromatic heterocycles. The van der Waals surface area contributed by atoms with Crippen molar-refractivity contribution >= 4 is 23.3 Å². The van der Waals surface area contributed by atoms with Crippen LogP contribution in [0.4, 0.5) is 11.5 Å². The number of pyridine rings is 1. The van der Waals surface area contributed by atoms with E-state index in [0.29, 0.717) is 18.0 Å². The van der Waals surface area contributed by atoms with E-state index in [1.54, 1.807) is 19.2 Å². The van der Waals surface area contributed by atoms with Gasteiger partial charge in [-0.25, -0.2) is 4.98 Å². The molecule has 0 spiro atoms. The summed E-state index contributed by atoms with van der Waals surface area (Å²) >= 11 is 0. The van der Waals surface area contributed by atoms with Gasteiger partial charge in [0, 0.05) is 13.1 Å². The molecule has 2 atom stereocenters. The summed E-state index contributed by atoms with van der Waals surface area (Å²) in [4.78, 5) is 30.3.